The fraction of sp³-hybridized carbons (Fsp3) is 0.158. The number of hydrogen-bond acceptors (Lipinski definition) is 7. The lowest BCUT2D eigenvalue weighted by Gasteiger charge is -2.11. The topological polar surface area (TPSA) is 83.8 Å². The van der Waals surface area contributed by atoms with Crippen LogP contribution in [0.15, 0.2) is 30.6 Å². The minimum absolute atomic E-state index is 0.0282. The van der Waals surface area contributed by atoms with Crippen molar-refractivity contribution in [2.24, 2.45) is 0 Å². The lowest BCUT2D eigenvalue weighted by Crippen LogP contribution is -2.03. The molecule has 0 fully saturated rings. The molecule has 142 valence electrons. The molecular weight excluding hydrogens is 401 g/mol. The van der Waals surface area contributed by atoms with Gasteiger partial charge in [0.1, 0.15) is 18.0 Å². The van der Waals surface area contributed by atoms with Crippen molar-refractivity contribution in [3.8, 4) is 0 Å². The minimum Gasteiger partial charge on any atom is -0.476 e. The number of anilines is 2. The quantitative estimate of drug-likeness (QED) is 0.342. The summed E-state index contributed by atoms with van der Waals surface area (Å²) in [5.41, 5.74) is 2.46. The maximum Gasteiger partial charge on any atom is 0.243 e. The van der Waals surface area contributed by atoms with Gasteiger partial charge >= 0.3 is 0 Å². The first-order valence-corrected chi connectivity index (χ1v) is 9.66. The van der Waals surface area contributed by atoms with Gasteiger partial charge in [-0.15, -0.1) is 11.3 Å². The fourth-order valence-corrected chi connectivity index (χ4v) is 4.02. The second-order valence-electron chi connectivity index (χ2n) is 6.02. The molecule has 0 atom stereocenters. The highest BCUT2D eigenvalue weighted by atomic mass is 35.5. The molecule has 4 aromatic rings. The molecule has 6 nitrogen and oxygen atoms in total. The van der Waals surface area contributed by atoms with Gasteiger partial charge < -0.3 is 10.1 Å². The molecule has 2 aromatic heterocycles. The normalized spacial score (nSPS) is 11.1. The Labute approximate surface area is 168 Å². The Morgan fingerprint density at radius 1 is 1.29 bits per heavy atom. The first kappa shape index (κ1) is 18.5. The summed E-state index contributed by atoms with van der Waals surface area (Å²) in [5.74, 6) is 0.189. The van der Waals surface area contributed by atoms with E-state index in [0.29, 0.717) is 28.7 Å². The van der Waals surface area contributed by atoms with Crippen LogP contribution < -0.4 is 5.32 Å². The van der Waals surface area contributed by atoms with Gasteiger partial charge in [-0.2, -0.15) is 0 Å². The first-order chi connectivity index (χ1) is 13.5. The molecule has 0 saturated heterocycles. The van der Waals surface area contributed by atoms with Gasteiger partial charge in [0, 0.05) is 0 Å². The van der Waals surface area contributed by atoms with Gasteiger partial charge in [0.25, 0.3) is 0 Å². The predicted molar refractivity (Wildman–Crippen MR) is 111 cm³/mol. The fourth-order valence-electron chi connectivity index (χ4n) is 2.81. The minimum atomic E-state index is -0.368. The van der Waals surface area contributed by atoms with E-state index < -0.39 is 0 Å². The second kappa shape index (κ2) is 7.29. The molecule has 4 rings (SSSR count). The molecular formula is C19H15ClFN5OS. The monoisotopic (exact) mass is 415 g/mol. The molecule has 2 N–H and O–H groups in total. The third-order valence-electron chi connectivity index (χ3n) is 4.14. The standard InChI is InChI=1S/C19H15ClFN5OS/c1-3-27-17(22)19-26-13-5-4-12-15(16(13)28-19)18(24-8-23-12)25-14-6-9(2)11(21)7-10(14)20/h4-8,22H,3H2,1-2H3,(H,23,24,25). The largest absolute Gasteiger partial charge is 0.476 e. The van der Waals surface area contributed by atoms with E-state index >= 15 is 0 Å². The highest BCUT2D eigenvalue weighted by molar-refractivity contribution is 7.21. The highest BCUT2D eigenvalue weighted by Crippen LogP contribution is 2.36. The molecule has 0 radical (unpaired) electrons. The average Bonchev–Trinajstić information content (AvgIpc) is 3.11. The Bertz CT molecular complexity index is 1230. The molecule has 0 bridgehead atoms. The van der Waals surface area contributed by atoms with Crippen LogP contribution in [0.3, 0.4) is 0 Å². The number of hydrogen-bond donors (Lipinski definition) is 2. The molecule has 0 aliphatic rings. The summed E-state index contributed by atoms with van der Waals surface area (Å²) in [6.07, 6.45) is 1.45. The SMILES string of the molecule is CCOC(=N)c1nc2ccc3ncnc(Nc4cc(C)c(F)cc4Cl)c3c2s1. The Hall–Kier alpha value is -2.84. The smallest absolute Gasteiger partial charge is 0.243 e. The van der Waals surface area contributed by atoms with Crippen LogP contribution in [0.4, 0.5) is 15.9 Å². The number of ether oxygens (including phenoxy) is 1. The highest BCUT2D eigenvalue weighted by Gasteiger charge is 2.16. The lowest BCUT2D eigenvalue weighted by molar-refractivity contribution is 0.325. The number of fused-ring (bicyclic) bond motifs is 3. The number of nitrogens with zero attached hydrogens (tertiary/aromatic N) is 3. The van der Waals surface area contributed by atoms with E-state index in [0.717, 1.165) is 21.1 Å². The van der Waals surface area contributed by atoms with Gasteiger partial charge in [-0.25, -0.2) is 19.3 Å². The average molecular weight is 416 g/mol. The van der Waals surface area contributed by atoms with Crippen molar-refractivity contribution in [1.29, 1.82) is 5.41 Å². The predicted octanol–water partition coefficient (Wildman–Crippen LogP) is 5.45. The van der Waals surface area contributed by atoms with Crippen LogP contribution in [0.1, 0.15) is 17.5 Å². The lowest BCUT2D eigenvalue weighted by atomic mass is 10.2. The van der Waals surface area contributed by atoms with E-state index in [9.17, 15) is 4.39 Å². The Morgan fingerprint density at radius 3 is 2.86 bits per heavy atom. The zero-order chi connectivity index (χ0) is 19.8. The molecule has 0 aliphatic heterocycles. The van der Waals surface area contributed by atoms with Crippen LogP contribution in [0.5, 0.6) is 0 Å². The number of aryl methyl sites for hydroxylation is 1. The van der Waals surface area contributed by atoms with Crippen molar-refractivity contribution in [2.75, 3.05) is 11.9 Å². The summed E-state index contributed by atoms with van der Waals surface area (Å²) in [6.45, 7) is 3.89. The molecule has 0 aliphatic carbocycles. The summed E-state index contributed by atoms with van der Waals surface area (Å²) >= 11 is 7.54. The van der Waals surface area contributed by atoms with E-state index in [1.54, 1.807) is 13.0 Å². The summed E-state index contributed by atoms with van der Waals surface area (Å²) in [4.78, 5) is 13.2. The Morgan fingerprint density at radius 2 is 2.07 bits per heavy atom. The summed E-state index contributed by atoms with van der Waals surface area (Å²) < 4.78 is 19.8. The molecule has 0 spiro atoms. The molecule has 28 heavy (non-hydrogen) atoms. The number of rotatable bonds is 4. The molecule has 9 heteroatoms. The van der Waals surface area contributed by atoms with Crippen molar-refractivity contribution in [2.45, 2.75) is 13.8 Å². The van der Waals surface area contributed by atoms with Crippen molar-refractivity contribution >= 4 is 61.5 Å². The molecule has 2 heterocycles. The zero-order valence-corrected chi connectivity index (χ0v) is 16.6. The maximum atomic E-state index is 13.7. The molecule has 2 aromatic carbocycles. The van der Waals surface area contributed by atoms with Gasteiger partial charge in [0.2, 0.25) is 5.90 Å². The van der Waals surface area contributed by atoms with E-state index in [1.165, 1.54) is 23.7 Å². The van der Waals surface area contributed by atoms with Gasteiger partial charge in [0.15, 0.2) is 5.01 Å². The van der Waals surface area contributed by atoms with Crippen LogP contribution in [0.2, 0.25) is 5.02 Å². The molecule has 0 amide bonds. The van der Waals surface area contributed by atoms with E-state index in [4.69, 9.17) is 21.7 Å². The van der Waals surface area contributed by atoms with Gasteiger partial charge in [-0.1, -0.05) is 11.6 Å². The van der Waals surface area contributed by atoms with E-state index in [-0.39, 0.29) is 16.7 Å². The van der Waals surface area contributed by atoms with Crippen LogP contribution in [-0.4, -0.2) is 27.5 Å². The summed E-state index contributed by atoms with van der Waals surface area (Å²) in [7, 11) is 0. The third-order valence-corrected chi connectivity index (χ3v) is 5.54. The van der Waals surface area contributed by atoms with Gasteiger partial charge in [-0.05, 0) is 43.7 Å². The van der Waals surface area contributed by atoms with Crippen molar-refractivity contribution in [3.63, 3.8) is 0 Å². The first-order valence-electron chi connectivity index (χ1n) is 8.46. The number of thiazole rings is 1. The van der Waals surface area contributed by atoms with Crippen molar-refractivity contribution in [3.05, 3.63) is 52.0 Å². The number of halogens is 2. The Balaban J connectivity index is 1.88. The van der Waals surface area contributed by atoms with Gasteiger partial charge in [-0.3, -0.25) is 5.41 Å². The second-order valence-corrected chi connectivity index (χ2v) is 7.42. The van der Waals surface area contributed by atoms with Gasteiger partial charge in [0.05, 0.1) is 38.4 Å². The third kappa shape index (κ3) is 3.25. The maximum absolute atomic E-state index is 13.7. The number of aromatic nitrogens is 3. The summed E-state index contributed by atoms with van der Waals surface area (Å²) in [6, 6.07) is 6.60. The van der Waals surface area contributed by atoms with Crippen molar-refractivity contribution in [1.82, 2.24) is 15.0 Å². The van der Waals surface area contributed by atoms with E-state index in [2.05, 4.69) is 20.3 Å². The van der Waals surface area contributed by atoms with E-state index in [1.807, 2.05) is 19.1 Å². The van der Waals surface area contributed by atoms with Crippen LogP contribution in [0, 0.1) is 18.2 Å². The van der Waals surface area contributed by atoms with Crippen LogP contribution in [0.25, 0.3) is 21.1 Å². The Kier molecular flexibility index (Phi) is 4.82. The summed E-state index contributed by atoms with van der Waals surface area (Å²) in [5, 5.41) is 12.7. The van der Waals surface area contributed by atoms with Crippen LogP contribution in [-0.2, 0) is 4.74 Å². The zero-order valence-electron chi connectivity index (χ0n) is 15.0. The number of benzene rings is 2. The van der Waals surface area contributed by atoms with Crippen LogP contribution >= 0.6 is 22.9 Å². The number of nitrogens with one attached hydrogen (secondary N) is 2. The molecule has 0 saturated carbocycles. The molecule has 0 unspecified atom stereocenters. The van der Waals surface area contributed by atoms with Crippen molar-refractivity contribution < 1.29 is 9.13 Å².